The Morgan fingerprint density at radius 3 is 2.90 bits per heavy atom. The molecule has 1 unspecified atom stereocenters. The van der Waals surface area contributed by atoms with Crippen LogP contribution in [0.3, 0.4) is 0 Å². The number of halogens is 2. The quantitative estimate of drug-likeness (QED) is 0.906. The van der Waals surface area contributed by atoms with E-state index in [0.29, 0.717) is 18.6 Å². The number of hydrogen-bond acceptors (Lipinski definition) is 2. The number of ether oxygens (including phenoxy) is 1. The fourth-order valence-electron chi connectivity index (χ4n) is 2.69. The molecular weight excluding hydrogens is 333 g/mol. The molecule has 1 heterocycles. The number of benzene rings is 2. The van der Waals surface area contributed by atoms with E-state index in [1.54, 1.807) is 13.0 Å². The molecule has 0 saturated carbocycles. The lowest BCUT2D eigenvalue weighted by atomic mass is 9.96. The Morgan fingerprint density at radius 2 is 2.14 bits per heavy atom. The minimum absolute atomic E-state index is 0.210. The van der Waals surface area contributed by atoms with E-state index < -0.39 is 0 Å². The van der Waals surface area contributed by atoms with Gasteiger partial charge in [0.2, 0.25) is 0 Å². The maximum atomic E-state index is 13.7. The molecule has 0 fully saturated rings. The highest BCUT2D eigenvalue weighted by Crippen LogP contribution is 2.35. The average molecular weight is 350 g/mol. The van der Waals surface area contributed by atoms with Crippen molar-refractivity contribution in [2.75, 3.05) is 6.61 Å². The number of rotatable bonds is 3. The van der Waals surface area contributed by atoms with Crippen LogP contribution in [-0.2, 0) is 12.8 Å². The molecule has 0 saturated heterocycles. The third-order valence-electron chi connectivity index (χ3n) is 3.89. The van der Waals surface area contributed by atoms with E-state index in [1.165, 1.54) is 11.6 Å². The van der Waals surface area contributed by atoms with Crippen LogP contribution >= 0.6 is 15.9 Å². The Bertz CT molecular complexity index is 687. The first-order valence-electron chi connectivity index (χ1n) is 7.00. The average Bonchev–Trinajstić information content (AvgIpc) is 2.90. The summed E-state index contributed by atoms with van der Waals surface area (Å²) in [5, 5.41) is 0. The van der Waals surface area contributed by atoms with Crippen molar-refractivity contribution < 1.29 is 9.13 Å². The van der Waals surface area contributed by atoms with Crippen LogP contribution in [0.4, 0.5) is 4.39 Å². The van der Waals surface area contributed by atoms with Crippen LogP contribution in [0, 0.1) is 12.7 Å². The molecule has 2 aromatic rings. The summed E-state index contributed by atoms with van der Waals surface area (Å²) in [5.74, 6) is 0.736. The lowest BCUT2D eigenvalue weighted by molar-refractivity contribution is 0.352. The monoisotopic (exact) mass is 349 g/mol. The van der Waals surface area contributed by atoms with Gasteiger partial charge in [-0.15, -0.1) is 0 Å². The maximum Gasteiger partial charge on any atom is 0.126 e. The van der Waals surface area contributed by atoms with Gasteiger partial charge >= 0.3 is 0 Å². The van der Waals surface area contributed by atoms with Crippen LogP contribution in [0.2, 0.25) is 0 Å². The molecule has 1 atom stereocenters. The summed E-state index contributed by atoms with van der Waals surface area (Å²) in [7, 11) is 0. The molecule has 3 rings (SSSR count). The number of nitrogens with two attached hydrogens (primary N) is 1. The predicted octanol–water partition coefficient (Wildman–Crippen LogP) is 4.07. The molecule has 21 heavy (non-hydrogen) atoms. The van der Waals surface area contributed by atoms with Gasteiger partial charge in [-0.1, -0.05) is 28.1 Å². The summed E-state index contributed by atoms with van der Waals surface area (Å²) in [6, 6.07) is 9.06. The summed E-state index contributed by atoms with van der Waals surface area (Å²) in [4.78, 5) is 0. The lowest BCUT2D eigenvalue weighted by Crippen LogP contribution is -2.14. The molecule has 0 bridgehead atoms. The van der Waals surface area contributed by atoms with Crippen LogP contribution in [-0.4, -0.2) is 6.61 Å². The minimum Gasteiger partial charge on any atom is -0.493 e. The number of hydrogen-bond donors (Lipinski definition) is 1. The third-order valence-corrected chi connectivity index (χ3v) is 4.35. The van der Waals surface area contributed by atoms with Gasteiger partial charge in [0.1, 0.15) is 11.6 Å². The Hall–Kier alpha value is -1.39. The molecule has 0 amide bonds. The van der Waals surface area contributed by atoms with E-state index in [1.807, 2.05) is 12.1 Å². The zero-order chi connectivity index (χ0) is 15.0. The first-order chi connectivity index (χ1) is 10.0. The number of aryl methyl sites for hydroxylation is 1. The van der Waals surface area contributed by atoms with Crippen molar-refractivity contribution in [1.82, 2.24) is 0 Å². The first kappa shape index (κ1) is 14.5. The van der Waals surface area contributed by atoms with Gasteiger partial charge in [-0.3, -0.25) is 0 Å². The van der Waals surface area contributed by atoms with Gasteiger partial charge in [-0.2, -0.15) is 0 Å². The van der Waals surface area contributed by atoms with Crippen LogP contribution in [0.1, 0.15) is 28.3 Å². The normalized spacial score (nSPS) is 14.7. The SMILES string of the molecule is Cc1ccc(C(N)Cc2cc(Br)cc3c2OCC3)cc1F. The smallest absolute Gasteiger partial charge is 0.126 e. The molecular formula is C17H17BrFNO. The fraction of sp³-hybridized carbons (Fsp3) is 0.294. The first-order valence-corrected chi connectivity index (χ1v) is 7.79. The molecule has 2 nitrogen and oxygen atoms in total. The van der Waals surface area contributed by atoms with Gasteiger partial charge in [0.15, 0.2) is 0 Å². The van der Waals surface area contributed by atoms with E-state index in [9.17, 15) is 4.39 Å². The molecule has 0 aromatic heterocycles. The highest BCUT2D eigenvalue weighted by molar-refractivity contribution is 9.10. The third kappa shape index (κ3) is 2.97. The Morgan fingerprint density at radius 1 is 1.33 bits per heavy atom. The highest BCUT2D eigenvalue weighted by Gasteiger charge is 2.19. The van der Waals surface area contributed by atoms with Crippen LogP contribution < -0.4 is 10.5 Å². The lowest BCUT2D eigenvalue weighted by Gasteiger charge is -2.15. The highest BCUT2D eigenvalue weighted by atomic mass is 79.9. The summed E-state index contributed by atoms with van der Waals surface area (Å²) < 4.78 is 20.4. The Balaban J connectivity index is 1.88. The van der Waals surface area contributed by atoms with Crippen LogP contribution in [0.25, 0.3) is 0 Å². The minimum atomic E-state index is -0.248. The van der Waals surface area contributed by atoms with Crippen molar-refractivity contribution in [3.05, 3.63) is 62.9 Å². The number of fused-ring (bicyclic) bond motifs is 1. The molecule has 0 radical (unpaired) electrons. The summed E-state index contributed by atoms with van der Waals surface area (Å²) in [5.41, 5.74) is 9.98. The molecule has 1 aliphatic rings. The Labute approximate surface area is 132 Å². The molecule has 4 heteroatoms. The largest absolute Gasteiger partial charge is 0.493 e. The zero-order valence-corrected chi connectivity index (χ0v) is 13.4. The summed E-state index contributed by atoms with van der Waals surface area (Å²) >= 11 is 3.53. The predicted molar refractivity (Wildman–Crippen MR) is 85.1 cm³/mol. The van der Waals surface area contributed by atoms with Crippen molar-refractivity contribution in [2.24, 2.45) is 5.73 Å². The van der Waals surface area contributed by atoms with Gasteiger partial charge in [0.25, 0.3) is 0 Å². The van der Waals surface area contributed by atoms with Crippen molar-refractivity contribution in [3.63, 3.8) is 0 Å². The second kappa shape index (κ2) is 5.78. The second-order valence-corrected chi connectivity index (χ2v) is 6.39. The van der Waals surface area contributed by atoms with E-state index in [-0.39, 0.29) is 11.9 Å². The van der Waals surface area contributed by atoms with Crippen molar-refractivity contribution in [1.29, 1.82) is 0 Å². The topological polar surface area (TPSA) is 35.2 Å². The van der Waals surface area contributed by atoms with Gasteiger partial charge in [0, 0.05) is 16.9 Å². The molecule has 2 N–H and O–H groups in total. The molecule has 110 valence electrons. The molecule has 1 aliphatic heterocycles. The van der Waals surface area contributed by atoms with Gasteiger partial charge in [-0.25, -0.2) is 4.39 Å². The van der Waals surface area contributed by atoms with Crippen LogP contribution in [0.15, 0.2) is 34.8 Å². The van der Waals surface area contributed by atoms with Crippen molar-refractivity contribution in [2.45, 2.75) is 25.8 Å². The zero-order valence-electron chi connectivity index (χ0n) is 11.8. The van der Waals surface area contributed by atoms with Crippen molar-refractivity contribution >= 4 is 15.9 Å². The van der Waals surface area contributed by atoms with Gasteiger partial charge in [0.05, 0.1) is 6.61 Å². The van der Waals surface area contributed by atoms with Crippen molar-refractivity contribution in [3.8, 4) is 5.75 Å². The van der Waals surface area contributed by atoms with Gasteiger partial charge < -0.3 is 10.5 Å². The van der Waals surface area contributed by atoms with E-state index >= 15 is 0 Å². The van der Waals surface area contributed by atoms with E-state index in [4.69, 9.17) is 10.5 Å². The van der Waals surface area contributed by atoms with E-state index in [2.05, 4.69) is 22.0 Å². The molecule has 0 spiro atoms. The fourth-order valence-corrected chi connectivity index (χ4v) is 3.24. The van der Waals surface area contributed by atoms with Crippen LogP contribution in [0.5, 0.6) is 5.75 Å². The Kier molecular flexibility index (Phi) is 4.00. The van der Waals surface area contributed by atoms with Gasteiger partial charge in [-0.05, 0) is 53.8 Å². The second-order valence-electron chi connectivity index (χ2n) is 5.47. The standard InChI is InChI=1S/C17H17BrFNO/c1-10-2-3-11(8-15(10)19)16(20)9-13-7-14(18)6-12-4-5-21-17(12)13/h2-3,6-8,16H,4-5,9,20H2,1H3. The summed E-state index contributed by atoms with van der Waals surface area (Å²) in [6.45, 7) is 2.47. The molecule has 0 aliphatic carbocycles. The summed E-state index contributed by atoms with van der Waals surface area (Å²) in [6.07, 6.45) is 1.56. The van der Waals surface area contributed by atoms with E-state index in [0.717, 1.165) is 27.8 Å². The maximum absolute atomic E-state index is 13.7. The molecule has 2 aromatic carbocycles.